The standard InChI is InChI=1S/C13H15.2ClH.Hf/c1-2-3-6-11-9-10-12-7-4-5-8-13(11)12;;;/h4-5,7-8,10-11H,2-3,6H2,1H3;2*1H;/q-1;;;/p-2. The fourth-order valence-electron chi connectivity index (χ4n) is 1.89. The van der Waals surface area contributed by atoms with Gasteiger partial charge in [-0.2, -0.15) is 5.56 Å². The molecule has 2 rings (SSSR count). The molecular weight excluding hydrogens is 406 g/mol. The quantitative estimate of drug-likeness (QED) is 0.385. The number of hydrogen-bond acceptors (Lipinski definition) is 0. The second-order valence-corrected chi connectivity index (χ2v) is 3.63. The van der Waals surface area contributed by atoms with Crippen molar-refractivity contribution in [2.24, 2.45) is 0 Å². The van der Waals surface area contributed by atoms with Crippen LogP contribution in [0.5, 0.6) is 0 Å². The van der Waals surface area contributed by atoms with Crippen LogP contribution in [0.2, 0.25) is 0 Å². The van der Waals surface area contributed by atoms with Crippen molar-refractivity contribution in [1.29, 1.82) is 0 Å². The van der Waals surface area contributed by atoms with Gasteiger partial charge in [-0.05, 0) is 0 Å². The fourth-order valence-corrected chi connectivity index (χ4v) is 1.89. The topological polar surface area (TPSA) is 0 Å². The molecule has 0 saturated heterocycles. The first kappa shape index (κ1) is 18.8. The maximum absolute atomic E-state index is 3.43. The SMILES string of the molecule is CCCCC1[C-]=Cc2ccccc21.[Cl-].[Cl-].[Hf]. The maximum Gasteiger partial charge on any atom is 0 e. The minimum absolute atomic E-state index is 0. The molecule has 1 aromatic carbocycles. The number of halogens is 2. The first-order chi connectivity index (χ1) is 6.42. The van der Waals surface area contributed by atoms with Gasteiger partial charge >= 0.3 is 0 Å². The Hall–Kier alpha value is 0.410. The van der Waals surface area contributed by atoms with Crippen molar-refractivity contribution in [3.05, 3.63) is 41.5 Å². The summed E-state index contributed by atoms with van der Waals surface area (Å²) in [5.74, 6) is 0.566. The van der Waals surface area contributed by atoms with Crippen molar-refractivity contribution in [3.8, 4) is 0 Å². The molecule has 0 nitrogen and oxygen atoms in total. The molecule has 0 aromatic heterocycles. The van der Waals surface area contributed by atoms with Crippen LogP contribution in [0.25, 0.3) is 6.08 Å². The largest absolute Gasteiger partial charge is 1.00 e. The van der Waals surface area contributed by atoms with Crippen LogP contribution >= 0.6 is 0 Å². The van der Waals surface area contributed by atoms with E-state index in [0.29, 0.717) is 5.92 Å². The molecule has 16 heavy (non-hydrogen) atoms. The molecule has 88 valence electrons. The molecule has 1 aliphatic carbocycles. The van der Waals surface area contributed by atoms with E-state index in [2.05, 4.69) is 43.3 Å². The molecule has 0 heterocycles. The minimum atomic E-state index is 0. The summed E-state index contributed by atoms with van der Waals surface area (Å²) in [7, 11) is 0. The van der Waals surface area contributed by atoms with E-state index in [1.165, 1.54) is 30.4 Å². The molecule has 0 amide bonds. The molecule has 0 spiro atoms. The molecule has 0 radical (unpaired) electrons. The van der Waals surface area contributed by atoms with Crippen molar-refractivity contribution < 1.29 is 50.7 Å². The Morgan fingerprint density at radius 1 is 1.19 bits per heavy atom. The van der Waals surface area contributed by atoms with Gasteiger partial charge in [-0.1, -0.05) is 50.3 Å². The predicted molar refractivity (Wildman–Crippen MR) is 56.4 cm³/mol. The van der Waals surface area contributed by atoms with Gasteiger partial charge in [-0.25, -0.2) is 6.08 Å². The Morgan fingerprint density at radius 3 is 2.56 bits per heavy atom. The summed E-state index contributed by atoms with van der Waals surface area (Å²) in [5.41, 5.74) is 2.83. The number of rotatable bonds is 3. The molecule has 0 saturated carbocycles. The van der Waals surface area contributed by atoms with Gasteiger partial charge in [0.05, 0.1) is 0 Å². The van der Waals surface area contributed by atoms with Gasteiger partial charge in [0, 0.05) is 25.8 Å². The van der Waals surface area contributed by atoms with E-state index in [9.17, 15) is 0 Å². The Labute approximate surface area is 130 Å². The van der Waals surface area contributed by atoms with Crippen molar-refractivity contribution >= 4 is 6.08 Å². The summed E-state index contributed by atoms with van der Waals surface area (Å²) in [6.07, 6.45) is 9.40. The Morgan fingerprint density at radius 2 is 1.88 bits per heavy atom. The molecule has 0 N–H and O–H groups in total. The van der Waals surface area contributed by atoms with Crippen LogP contribution in [-0.2, 0) is 25.8 Å². The summed E-state index contributed by atoms with van der Waals surface area (Å²) in [6.45, 7) is 2.24. The van der Waals surface area contributed by atoms with Gasteiger partial charge < -0.3 is 24.8 Å². The number of allylic oxidation sites excluding steroid dienone is 1. The van der Waals surface area contributed by atoms with Crippen LogP contribution in [-0.4, -0.2) is 0 Å². The van der Waals surface area contributed by atoms with Crippen molar-refractivity contribution in [1.82, 2.24) is 0 Å². The van der Waals surface area contributed by atoms with E-state index in [1.807, 2.05) is 0 Å². The predicted octanol–water partition coefficient (Wildman–Crippen LogP) is -2.20. The van der Waals surface area contributed by atoms with Gasteiger partial charge in [-0.15, -0.1) is 11.6 Å². The molecule has 1 atom stereocenters. The van der Waals surface area contributed by atoms with E-state index in [0.717, 1.165) is 0 Å². The summed E-state index contributed by atoms with van der Waals surface area (Å²) in [4.78, 5) is 0. The van der Waals surface area contributed by atoms with Gasteiger partial charge in [0.2, 0.25) is 0 Å². The normalized spacial score (nSPS) is 15.4. The van der Waals surface area contributed by atoms with E-state index in [4.69, 9.17) is 0 Å². The Bertz CT molecular complexity index is 323. The second kappa shape index (κ2) is 9.44. The summed E-state index contributed by atoms with van der Waals surface area (Å²) in [5, 5.41) is 0. The van der Waals surface area contributed by atoms with Gasteiger partial charge in [0.1, 0.15) is 0 Å². The molecule has 1 aromatic rings. The minimum Gasteiger partial charge on any atom is -1.00 e. The van der Waals surface area contributed by atoms with Gasteiger partial charge in [0.15, 0.2) is 0 Å². The number of unbranched alkanes of at least 4 members (excludes halogenated alkanes) is 1. The van der Waals surface area contributed by atoms with Gasteiger partial charge in [-0.3, -0.25) is 6.08 Å². The van der Waals surface area contributed by atoms with Crippen molar-refractivity contribution in [3.63, 3.8) is 0 Å². The fraction of sp³-hybridized carbons (Fsp3) is 0.385. The number of hydrogen-bond donors (Lipinski definition) is 0. The van der Waals surface area contributed by atoms with E-state index in [-0.39, 0.29) is 50.7 Å². The number of benzene rings is 1. The molecule has 3 heteroatoms. The zero-order chi connectivity index (χ0) is 9.10. The Balaban J connectivity index is 0. The van der Waals surface area contributed by atoms with Crippen LogP contribution in [0.15, 0.2) is 24.3 Å². The van der Waals surface area contributed by atoms with Gasteiger partial charge in [0.25, 0.3) is 0 Å². The summed E-state index contributed by atoms with van der Waals surface area (Å²) in [6, 6.07) is 8.62. The van der Waals surface area contributed by atoms with Crippen molar-refractivity contribution in [2.45, 2.75) is 32.1 Å². The second-order valence-electron chi connectivity index (χ2n) is 3.63. The maximum atomic E-state index is 3.43. The Kier molecular flexibility index (Phi) is 11.1. The molecule has 1 unspecified atom stereocenters. The third kappa shape index (κ3) is 4.35. The van der Waals surface area contributed by atoms with E-state index < -0.39 is 0 Å². The molecule has 0 aliphatic heterocycles. The van der Waals surface area contributed by atoms with E-state index in [1.54, 1.807) is 0 Å². The molecule has 0 fully saturated rings. The smallest absolute Gasteiger partial charge is 0 e. The third-order valence-electron chi connectivity index (χ3n) is 2.66. The van der Waals surface area contributed by atoms with Crippen LogP contribution < -0.4 is 24.8 Å². The zero-order valence-corrected chi connectivity index (χ0v) is 14.4. The zero-order valence-electron chi connectivity index (χ0n) is 9.34. The monoisotopic (exact) mass is 421 g/mol. The molecule has 1 aliphatic rings. The van der Waals surface area contributed by atoms with Crippen LogP contribution in [0.1, 0.15) is 43.2 Å². The van der Waals surface area contributed by atoms with Crippen LogP contribution in [0.3, 0.4) is 0 Å². The first-order valence-electron chi connectivity index (χ1n) is 5.10. The molecular formula is C13H15Cl2Hf-3. The third-order valence-corrected chi connectivity index (χ3v) is 2.66. The summed E-state index contributed by atoms with van der Waals surface area (Å²) >= 11 is 0. The number of fused-ring (bicyclic) bond motifs is 1. The first-order valence-corrected chi connectivity index (χ1v) is 5.10. The van der Waals surface area contributed by atoms with Crippen LogP contribution in [0.4, 0.5) is 0 Å². The average Bonchev–Trinajstić information content (AvgIpc) is 2.58. The van der Waals surface area contributed by atoms with Crippen LogP contribution in [0, 0.1) is 6.08 Å². The van der Waals surface area contributed by atoms with Crippen molar-refractivity contribution in [2.75, 3.05) is 0 Å². The average molecular weight is 421 g/mol. The summed E-state index contributed by atoms with van der Waals surface area (Å²) < 4.78 is 0. The molecule has 0 bridgehead atoms. The van der Waals surface area contributed by atoms with E-state index >= 15 is 0 Å².